The van der Waals surface area contributed by atoms with E-state index in [2.05, 4.69) is 0 Å². The van der Waals surface area contributed by atoms with Crippen LogP contribution in [0.15, 0.2) is 143 Å². The number of nitrogens with one attached hydrogen (secondary N) is 1. The van der Waals surface area contributed by atoms with E-state index in [0.29, 0.717) is 0 Å². The fourth-order valence-corrected chi connectivity index (χ4v) is 10.5. The van der Waals surface area contributed by atoms with E-state index in [-0.39, 0.29) is 33.0 Å². The van der Waals surface area contributed by atoms with Crippen molar-refractivity contribution in [2.75, 3.05) is 19.1 Å². The molecule has 18 nitrogen and oxygen atoms in total. The number of benzene rings is 4. The van der Waals surface area contributed by atoms with Gasteiger partial charge in [-0.05, 0) is 22.3 Å². The van der Waals surface area contributed by atoms with E-state index in [0.717, 1.165) is 39.1 Å². The summed E-state index contributed by atoms with van der Waals surface area (Å²) in [5, 5.41) is 21.3. The number of hydrogen-bond donors (Lipinski definition) is 5. The minimum Gasteiger partial charge on any atom is -0.387 e. The second-order valence-electron chi connectivity index (χ2n) is 15.2. The number of H-pyrrole nitrogens is 1. The minimum atomic E-state index is -5.17. The molecule has 2 aliphatic rings. The Morgan fingerprint density at radius 2 is 1.08 bits per heavy atom. The molecule has 11 atom stereocenters. The zero-order chi connectivity index (χ0) is 45.1. The van der Waals surface area contributed by atoms with Crippen LogP contribution in [0.3, 0.4) is 0 Å². The lowest BCUT2D eigenvalue weighted by Crippen LogP contribution is -2.61. The molecule has 0 spiro atoms. The molecule has 5 N–H and O–H groups in total. The number of aromatic nitrogens is 2. The Bertz CT molecular complexity index is 2430. The third-order valence-corrected chi connectivity index (χ3v) is 14.3. The largest absolute Gasteiger partial charge is 0.387 e. The molecule has 7 rings (SSSR count). The molecule has 0 amide bonds. The third kappa shape index (κ3) is 13.1. The van der Waals surface area contributed by atoms with E-state index in [9.17, 15) is 38.7 Å². The van der Waals surface area contributed by atoms with Gasteiger partial charge in [-0.25, -0.2) is 4.79 Å². The average molecular weight is 925 g/mol. The molecule has 2 unspecified atom stereocenters. The summed E-state index contributed by atoms with van der Waals surface area (Å²) in [5.41, 5.74) is 1.61. The quantitative estimate of drug-likeness (QED) is 0.0647. The second kappa shape index (κ2) is 22.2. The molecule has 2 aliphatic heterocycles. The Morgan fingerprint density at radius 1 is 0.578 bits per heavy atom. The molecule has 20 heteroatoms. The number of aliphatic hydroxyl groups excluding tert-OH is 2. The van der Waals surface area contributed by atoms with Crippen LogP contribution in [0.25, 0.3) is 0 Å². The molecule has 4 aromatic carbocycles. The topological polar surface area (TPSA) is 244 Å². The second-order valence-corrected chi connectivity index (χ2v) is 19.4. The lowest BCUT2D eigenvalue weighted by Gasteiger charge is -2.46. The summed E-state index contributed by atoms with van der Waals surface area (Å²) in [4.78, 5) is 48.1. The first kappa shape index (κ1) is 47.5. The van der Waals surface area contributed by atoms with Gasteiger partial charge in [0, 0.05) is 12.3 Å². The van der Waals surface area contributed by atoms with Crippen molar-refractivity contribution in [3.63, 3.8) is 0 Å². The molecule has 1 aromatic heterocycles. The predicted molar refractivity (Wildman–Crippen MR) is 229 cm³/mol. The van der Waals surface area contributed by atoms with E-state index in [1.165, 1.54) is 0 Å². The van der Waals surface area contributed by atoms with Gasteiger partial charge in [-0.2, -0.15) is 0 Å². The van der Waals surface area contributed by atoms with Gasteiger partial charge < -0.3 is 52.9 Å². The van der Waals surface area contributed by atoms with Crippen molar-refractivity contribution in [3.05, 3.63) is 177 Å². The van der Waals surface area contributed by atoms with Gasteiger partial charge in [0.25, 0.3) is 5.56 Å². The van der Waals surface area contributed by atoms with E-state index in [1.807, 2.05) is 126 Å². The summed E-state index contributed by atoms with van der Waals surface area (Å²) < 4.78 is 77.1. The summed E-state index contributed by atoms with van der Waals surface area (Å²) in [6.45, 7) is -0.633. The van der Waals surface area contributed by atoms with Crippen LogP contribution < -0.4 is 11.2 Å². The molecule has 2 fully saturated rings. The van der Waals surface area contributed by atoms with Gasteiger partial charge >= 0.3 is 20.9 Å². The Morgan fingerprint density at radius 3 is 1.61 bits per heavy atom. The molecule has 0 saturated carbocycles. The first-order valence-corrected chi connectivity index (χ1v) is 23.9. The van der Waals surface area contributed by atoms with Gasteiger partial charge in [0.15, 0.2) is 18.4 Å². The highest BCUT2D eigenvalue weighted by atomic mass is 31.2. The van der Waals surface area contributed by atoms with E-state index in [4.69, 9.17) is 37.5 Å². The summed E-state index contributed by atoms with van der Waals surface area (Å²) in [5.74, 6) is -1.45. The SMILES string of the molecule is O=c1ccn([C@@H]2O[C@H](COP(=O)(O)CP(=O)(O)O[C@H]3O[C@H](COCc4ccccc4)[C@@H](OCc4ccccc4)[C@H](OCc4ccccc4)[C@H]3OCc3ccccc3)[C@@H](O)[C@H]2O)c(=O)[nH]1. The molecule has 2 saturated heterocycles. The Balaban J connectivity index is 1.13. The summed E-state index contributed by atoms with van der Waals surface area (Å²) in [6, 6.07) is 38.2. The van der Waals surface area contributed by atoms with E-state index >= 15 is 0 Å². The first-order valence-electron chi connectivity index (χ1n) is 20.4. The fraction of sp³-hybridized carbons (Fsp3) is 0.364. The van der Waals surface area contributed by atoms with Gasteiger partial charge in [-0.3, -0.25) is 28.0 Å². The van der Waals surface area contributed by atoms with Crippen molar-refractivity contribution >= 4 is 15.2 Å². The van der Waals surface area contributed by atoms with Gasteiger partial charge in [0.1, 0.15) is 42.7 Å². The molecule has 0 bridgehead atoms. The smallest absolute Gasteiger partial charge is 0.342 e. The summed E-state index contributed by atoms with van der Waals surface area (Å²) >= 11 is 0. The number of aromatic amines is 1. The van der Waals surface area contributed by atoms with Crippen LogP contribution in [0.5, 0.6) is 0 Å². The molecular formula is C44H50N2O16P2. The standard InChI is InChI=1S/C44H50N2O16P2/c47-36-21-22-46(44(50)45-36)42-38(49)37(48)34(60-42)28-59-63(51,52)29-64(53,54)62-43-41(58-26-33-19-11-4-12-20-33)40(57-25-32-17-9-3-10-18-32)39(56-24-31-15-7-2-8-16-31)35(61-43)27-55-23-30-13-5-1-6-14-30/h1-22,34-35,37-43,48-49H,23-29H2,(H,51,52)(H,53,54)(H,45,47,50)/t34-,35-,37-,38-,39-,40+,41-,42-,43-/m1/s1. The van der Waals surface area contributed by atoms with Gasteiger partial charge in [0.2, 0.25) is 0 Å². The zero-order valence-electron chi connectivity index (χ0n) is 34.4. The van der Waals surface area contributed by atoms with E-state index < -0.39 is 94.2 Å². The zero-order valence-corrected chi connectivity index (χ0v) is 36.2. The van der Waals surface area contributed by atoms with Crippen molar-refractivity contribution in [1.29, 1.82) is 0 Å². The van der Waals surface area contributed by atoms with Gasteiger partial charge in [-0.15, -0.1) is 0 Å². The van der Waals surface area contributed by atoms with E-state index in [1.54, 1.807) is 0 Å². The van der Waals surface area contributed by atoms with Crippen LogP contribution >= 0.6 is 15.2 Å². The Labute approximate surface area is 367 Å². The Hall–Kier alpha value is -4.46. The molecule has 0 radical (unpaired) electrons. The maximum absolute atomic E-state index is 14.0. The molecule has 3 heterocycles. The van der Waals surface area contributed by atoms with Crippen LogP contribution in [0, 0.1) is 0 Å². The van der Waals surface area contributed by atoms with Crippen molar-refractivity contribution in [2.24, 2.45) is 0 Å². The molecule has 342 valence electrons. The molecule has 64 heavy (non-hydrogen) atoms. The number of hydrogen-bond acceptors (Lipinski definition) is 14. The summed E-state index contributed by atoms with van der Waals surface area (Å²) in [7, 11) is -10.2. The van der Waals surface area contributed by atoms with Crippen molar-refractivity contribution in [1.82, 2.24) is 9.55 Å². The third-order valence-electron chi connectivity index (χ3n) is 10.4. The normalized spacial score (nSPS) is 26.5. The predicted octanol–water partition coefficient (Wildman–Crippen LogP) is 4.22. The van der Waals surface area contributed by atoms with Gasteiger partial charge in [0.05, 0.1) is 39.6 Å². The van der Waals surface area contributed by atoms with Crippen LogP contribution in [0.2, 0.25) is 0 Å². The highest BCUT2D eigenvalue weighted by molar-refractivity contribution is 7.70. The van der Waals surface area contributed by atoms with Crippen molar-refractivity contribution < 1.29 is 66.6 Å². The maximum Gasteiger partial charge on any atom is 0.342 e. The molecule has 5 aromatic rings. The average Bonchev–Trinajstić information content (AvgIpc) is 3.56. The van der Waals surface area contributed by atoms with Crippen LogP contribution in [-0.2, 0) is 73.0 Å². The lowest BCUT2D eigenvalue weighted by molar-refractivity contribution is -0.311. The maximum atomic E-state index is 14.0. The lowest BCUT2D eigenvalue weighted by atomic mass is 9.98. The number of nitrogens with zero attached hydrogens (tertiary/aromatic N) is 1. The number of ether oxygens (including phenoxy) is 6. The highest BCUT2D eigenvalue weighted by Gasteiger charge is 2.52. The summed E-state index contributed by atoms with van der Waals surface area (Å²) in [6.07, 6.45) is -11.4. The fourth-order valence-electron chi connectivity index (χ4n) is 7.21. The molecule has 0 aliphatic carbocycles. The number of aliphatic hydroxyl groups is 2. The van der Waals surface area contributed by atoms with Crippen molar-refractivity contribution in [3.8, 4) is 0 Å². The Kier molecular flexibility index (Phi) is 16.4. The van der Waals surface area contributed by atoms with Gasteiger partial charge in [-0.1, -0.05) is 121 Å². The molecular weight excluding hydrogens is 874 g/mol. The monoisotopic (exact) mass is 924 g/mol. The van der Waals surface area contributed by atoms with Crippen LogP contribution in [0.1, 0.15) is 28.5 Å². The minimum absolute atomic E-state index is 0.0282. The highest BCUT2D eigenvalue weighted by Crippen LogP contribution is 2.60. The van der Waals surface area contributed by atoms with Crippen LogP contribution in [-0.4, -0.2) is 97.7 Å². The van der Waals surface area contributed by atoms with Crippen LogP contribution in [0.4, 0.5) is 0 Å². The van der Waals surface area contributed by atoms with Crippen molar-refractivity contribution in [2.45, 2.75) is 81.7 Å². The number of rotatable bonds is 21. The first-order chi connectivity index (χ1) is 30.8.